The molecule has 6 heteroatoms. The molecule has 1 aromatic carbocycles. The molecule has 0 radical (unpaired) electrons. The van der Waals surface area contributed by atoms with Crippen molar-refractivity contribution in [3.05, 3.63) is 35.9 Å². The molecule has 0 unspecified atom stereocenters. The highest BCUT2D eigenvalue weighted by Gasteiger charge is 2.34. The van der Waals surface area contributed by atoms with Gasteiger partial charge in [-0.1, -0.05) is 30.3 Å². The number of carbonyl (C=O) groups excluding carboxylic acids is 3. The Hall–Kier alpha value is -2.37. The molecule has 0 atom stereocenters. The number of urea groups is 1. The smallest absolute Gasteiger partial charge is 0.327 e. The van der Waals surface area contributed by atoms with Gasteiger partial charge in [0, 0.05) is 13.6 Å². The molecule has 2 rings (SSSR count). The van der Waals surface area contributed by atoms with Crippen LogP contribution in [-0.2, 0) is 16.0 Å². The van der Waals surface area contributed by atoms with Gasteiger partial charge in [-0.15, -0.1) is 0 Å². The van der Waals surface area contributed by atoms with E-state index in [0.29, 0.717) is 6.54 Å². The molecule has 1 aliphatic heterocycles. The molecule has 1 heterocycles. The van der Waals surface area contributed by atoms with Crippen molar-refractivity contribution in [1.29, 1.82) is 0 Å². The highest BCUT2D eigenvalue weighted by atomic mass is 16.2. The molecule has 4 amide bonds. The number of aryl methyl sites for hydroxylation is 1. The number of likely N-dealkylation sites (N-methyl/N-ethyl adjacent to an activating group) is 1. The lowest BCUT2D eigenvalue weighted by atomic mass is 10.1. The zero-order valence-electron chi connectivity index (χ0n) is 12.0. The summed E-state index contributed by atoms with van der Waals surface area (Å²) in [7, 11) is 1.54. The van der Waals surface area contributed by atoms with Crippen LogP contribution in [0.2, 0.25) is 0 Å². The van der Waals surface area contributed by atoms with Gasteiger partial charge in [0.25, 0.3) is 5.91 Å². The van der Waals surface area contributed by atoms with Crippen LogP contribution in [0.5, 0.6) is 0 Å². The molecule has 0 aromatic heterocycles. The van der Waals surface area contributed by atoms with E-state index in [2.05, 4.69) is 5.32 Å². The van der Waals surface area contributed by atoms with Gasteiger partial charge in [0.15, 0.2) is 0 Å². The van der Waals surface area contributed by atoms with E-state index in [0.717, 1.165) is 17.7 Å². The molecule has 1 aromatic rings. The summed E-state index contributed by atoms with van der Waals surface area (Å²) in [5.41, 5.74) is 1.22. The van der Waals surface area contributed by atoms with Crippen molar-refractivity contribution in [3.8, 4) is 0 Å². The Morgan fingerprint density at radius 2 is 1.95 bits per heavy atom. The fraction of sp³-hybridized carbons (Fsp3) is 0.400. The van der Waals surface area contributed by atoms with E-state index in [-0.39, 0.29) is 24.9 Å². The summed E-state index contributed by atoms with van der Waals surface area (Å²) in [4.78, 5) is 37.2. The van der Waals surface area contributed by atoms with Gasteiger partial charge >= 0.3 is 6.03 Å². The fourth-order valence-electron chi connectivity index (χ4n) is 2.19. The third-order valence-electron chi connectivity index (χ3n) is 3.34. The van der Waals surface area contributed by atoms with Crippen LogP contribution in [0, 0.1) is 0 Å². The van der Waals surface area contributed by atoms with Crippen LogP contribution in [0.25, 0.3) is 0 Å². The van der Waals surface area contributed by atoms with E-state index in [9.17, 15) is 14.4 Å². The van der Waals surface area contributed by atoms with Crippen molar-refractivity contribution >= 4 is 17.8 Å². The van der Waals surface area contributed by atoms with Crippen molar-refractivity contribution < 1.29 is 14.4 Å². The summed E-state index contributed by atoms with van der Waals surface area (Å²) in [6.07, 6.45) is 1.70. The third kappa shape index (κ3) is 4.05. The number of hydrogen-bond donors (Lipinski definition) is 1. The van der Waals surface area contributed by atoms with Gasteiger partial charge in [0.2, 0.25) is 5.91 Å². The Morgan fingerprint density at radius 3 is 2.57 bits per heavy atom. The molecule has 1 saturated heterocycles. The van der Waals surface area contributed by atoms with Crippen LogP contribution in [0.1, 0.15) is 12.0 Å². The van der Waals surface area contributed by atoms with Crippen molar-refractivity contribution in [2.75, 3.05) is 26.7 Å². The highest BCUT2D eigenvalue weighted by molar-refractivity contribution is 6.04. The first-order chi connectivity index (χ1) is 10.1. The molecule has 0 saturated carbocycles. The summed E-state index contributed by atoms with van der Waals surface area (Å²) in [6.45, 7) is 0.368. The largest absolute Gasteiger partial charge is 0.355 e. The maximum Gasteiger partial charge on any atom is 0.327 e. The van der Waals surface area contributed by atoms with E-state index < -0.39 is 6.03 Å². The number of nitrogens with one attached hydrogen (secondary N) is 1. The quantitative estimate of drug-likeness (QED) is 0.617. The van der Waals surface area contributed by atoms with E-state index in [1.165, 1.54) is 17.5 Å². The average molecular weight is 289 g/mol. The van der Waals surface area contributed by atoms with Gasteiger partial charge in [-0.25, -0.2) is 4.79 Å². The van der Waals surface area contributed by atoms with Crippen LogP contribution in [0.4, 0.5) is 4.79 Å². The topological polar surface area (TPSA) is 69.7 Å². The summed E-state index contributed by atoms with van der Waals surface area (Å²) < 4.78 is 0. The number of benzene rings is 1. The van der Waals surface area contributed by atoms with Crippen LogP contribution in [0.3, 0.4) is 0 Å². The SMILES string of the molecule is CN1CC(=O)N(CC(=O)NCCCc2ccccc2)C1=O. The summed E-state index contributed by atoms with van der Waals surface area (Å²) >= 11 is 0. The fourth-order valence-corrected chi connectivity index (χ4v) is 2.19. The molecule has 0 bridgehead atoms. The molecule has 0 aliphatic carbocycles. The molecular weight excluding hydrogens is 270 g/mol. The monoisotopic (exact) mass is 289 g/mol. The lowest BCUT2D eigenvalue weighted by molar-refractivity contribution is -0.130. The Balaban J connectivity index is 1.68. The van der Waals surface area contributed by atoms with Gasteiger partial charge in [0.05, 0.1) is 0 Å². The molecule has 6 nitrogen and oxygen atoms in total. The first-order valence-electron chi connectivity index (χ1n) is 6.94. The van der Waals surface area contributed by atoms with Crippen molar-refractivity contribution in [2.24, 2.45) is 0 Å². The minimum absolute atomic E-state index is 0.0418. The predicted octanol–water partition coefficient (Wildman–Crippen LogP) is 0.629. The highest BCUT2D eigenvalue weighted by Crippen LogP contribution is 2.07. The molecule has 112 valence electrons. The standard InChI is InChI=1S/C15H19N3O3/c1-17-11-14(20)18(15(17)21)10-13(19)16-9-5-8-12-6-3-2-4-7-12/h2-4,6-7H,5,8-11H2,1H3,(H,16,19). The summed E-state index contributed by atoms with van der Waals surface area (Å²) in [5.74, 6) is -0.637. The van der Waals surface area contributed by atoms with Gasteiger partial charge in [-0.2, -0.15) is 0 Å². The van der Waals surface area contributed by atoms with E-state index in [1.54, 1.807) is 0 Å². The summed E-state index contributed by atoms with van der Waals surface area (Å²) in [6, 6.07) is 9.59. The second-order valence-electron chi connectivity index (χ2n) is 5.06. The van der Waals surface area contributed by atoms with Crippen LogP contribution < -0.4 is 5.32 Å². The van der Waals surface area contributed by atoms with Gasteiger partial charge in [0.1, 0.15) is 13.1 Å². The number of nitrogens with zero attached hydrogens (tertiary/aromatic N) is 2. The second-order valence-corrected chi connectivity index (χ2v) is 5.06. The molecule has 0 spiro atoms. The van der Waals surface area contributed by atoms with Gasteiger partial charge in [-0.05, 0) is 18.4 Å². The van der Waals surface area contributed by atoms with E-state index in [4.69, 9.17) is 0 Å². The lowest BCUT2D eigenvalue weighted by Gasteiger charge is -2.13. The Bertz CT molecular complexity index is 530. The zero-order chi connectivity index (χ0) is 15.2. The normalized spacial score (nSPS) is 14.7. The Labute approximate surface area is 123 Å². The zero-order valence-corrected chi connectivity index (χ0v) is 12.0. The van der Waals surface area contributed by atoms with Gasteiger partial charge < -0.3 is 10.2 Å². The van der Waals surface area contributed by atoms with Crippen molar-refractivity contribution in [3.63, 3.8) is 0 Å². The Morgan fingerprint density at radius 1 is 1.24 bits per heavy atom. The van der Waals surface area contributed by atoms with Crippen LogP contribution in [-0.4, -0.2) is 54.3 Å². The third-order valence-corrected chi connectivity index (χ3v) is 3.34. The van der Waals surface area contributed by atoms with Crippen LogP contribution in [0.15, 0.2) is 30.3 Å². The minimum atomic E-state index is -0.417. The Kier molecular flexibility index (Phi) is 4.92. The molecule has 21 heavy (non-hydrogen) atoms. The number of hydrogen-bond acceptors (Lipinski definition) is 3. The first-order valence-corrected chi connectivity index (χ1v) is 6.94. The molecule has 1 N–H and O–H groups in total. The predicted molar refractivity (Wildman–Crippen MR) is 77.5 cm³/mol. The first kappa shape index (κ1) is 15.0. The number of rotatable bonds is 6. The molecule has 1 fully saturated rings. The maximum absolute atomic E-state index is 11.7. The number of imide groups is 1. The van der Waals surface area contributed by atoms with E-state index in [1.807, 2.05) is 30.3 Å². The van der Waals surface area contributed by atoms with E-state index >= 15 is 0 Å². The van der Waals surface area contributed by atoms with Gasteiger partial charge in [-0.3, -0.25) is 14.5 Å². The van der Waals surface area contributed by atoms with Crippen molar-refractivity contribution in [1.82, 2.24) is 15.1 Å². The molecule has 1 aliphatic rings. The number of carbonyl (C=O) groups is 3. The van der Waals surface area contributed by atoms with Crippen LogP contribution >= 0.6 is 0 Å². The lowest BCUT2D eigenvalue weighted by Crippen LogP contribution is -2.41. The van der Waals surface area contributed by atoms with Crippen molar-refractivity contribution in [2.45, 2.75) is 12.8 Å². The number of amides is 4. The summed E-state index contributed by atoms with van der Waals surface area (Å²) in [5, 5.41) is 2.73. The minimum Gasteiger partial charge on any atom is -0.355 e. The molecular formula is C15H19N3O3. The maximum atomic E-state index is 11.7. The average Bonchev–Trinajstić information content (AvgIpc) is 2.71. The second kappa shape index (κ2) is 6.88.